The minimum Gasteiger partial charge on any atom is -0.309 e. The second-order valence-corrected chi connectivity index (χ2v) is 20.6. The zero-order valence-corrected chi connectivity index (χ0v) is 41.6. The van der Waals surface area contributed by atoms with Gasteiger partial charge in [0, 0.05) is 22.3 Å². The molecule has 354 valence electrons. The number of hydrogen-bond acceptors (Lipinski definition) is 2. The average Bonchev–Trinajstić information content (AvgIpc) is 3.89. The van der Waals surface area contributed by atoms with Gasteiger partial charge in [0.25, 0.3) is 0 Å². The Morgan fingerprint density at radius 1 is 0.197 bits per heavy atom. The Hall–Kier alpha value is -9.76. The molecule has 0 saturated carbocycles. The summed E-state index contributed by atoms with van der Waals surface area (Å²) >= 11 is 0. The van der Waals surface area contributed by atoms with Crippen molar-refractivity contribution in [2.24, 2.45) is 0 Å². The van der Waals surface area contributed by atoms with Gasteiger partial charge in [-0.2, -0.15) is 0 Å². The third-order valence-electron chi connectivity index (χ3n) is 17.1. The summed E-state index contributed by atoms with van der Waals surface area (Å²) in [4.78, 5) is 5.16. The highest BCUT2D eigenvalue weighted by molar-refractivity contribution is 6.08. The van der Waals surface area contributed by atoms with E-state index in [1.54, 1.807) is 0 Å². The molecule has 0 bridgehead atoms. The molecule has 0 aliphatic carbocycles. The van der Waals surface area contributed by atoms with Crippen LogP contribution in [0.15, 0.2) is 291 Å². The van der Waals surface area contributed by atoms with E-state index >= 15 is 0 Å². The van der Waals surface area contributed by atoms with Gasteiger partial charge >= 0.3 is 0 Å². The van der Waals surface area contributed by atoms with Gasteiger partial charge in [-0.1, -0.05) is 255 Å². The van der Waals surface area contributed by atoms with Crippen LogP contribution in [0.1, 0.15) is 44.5 Å². The molecule has 0 N–H and O–H groups in total. The molecule has 0 amide bonds. The minimum atomic E-state index is -0.698. The summed E-state index contributed by atoms with van der Waals surface area (Å²) in [5, 5.41) is 0. The van der Waals surface area contributed by atoms with Crippen molar-refractivity contribution in [2.75, 3.05) is 9.80 Å². The fourth-order valence-corrected chi connectivity index (χ4v) is 14.1. The van der Waals surface area contributed by atoms with Crippen molar-refractivity contribution in [1.82, 2.24) is 0 Å². The molecule has 4 aliphatic rings. The molecular weight excluding hydrogens is 917 g/mol. The summed E-state index contributed by atoms with van der Waals surface area (Å²) in [7, 11) is 0. The molecule has 0 fully saturated rings. The predicted molar refractivity (Wildman–Crippen MR) is 314 cm³/mol. The lowest BCUT2D eigenvalue weighted by Gasteiger charge is -2.47. The van der Waals surface area contributed by atoms with Crippen molar-refractivity contribution >= 4 is 34.1 Å². The average molecular weight is 965 g/mol. The molecule has 12 aromatic carbocycles. The SMILES string of the molecule is c1ccc(C2(c3ccccc3)c3cc(-c4ccc5c(c4)C(c4ccccc4)(c4ccccc4)c4cccc6c4N5c4ccccc4-c4ccccc4-6)ccc3N3c4ccccc4-c4ccccc4-c4cccc2c43)cc1. The first-order valence-corrected chi connectivity index (χ1v) is 26.5. The van der Waals surface area contributed by atoms with Gasteiger partial charge in [-0.05, 0) is 114 Å². The third kappa shape index (κ3) is 5.70. The largest absolute Gasteiger partial charge is 0.309 e. The van der Waals surface area contributed by atoms with Gasteiger partial charge in [-0.3, -0.25) is 0 Å². The molecule has 4 heterocycles. The summed E-state index contributed by atoms with van der Waals surface area (Å²) in [6.45, 7) is 0. The molecule has 2 nitrogen and oxygen atoms in total. The van der Waals surface area contributed by atoms with Crippen LogP contribution in [-0.4, -0.2) is 0 Å². The quantitative estimate of drug-likeness (QED) is 0.170. The predicted octanol–water partition coefficient (Wildman–Crippen LogP) is 19.0. The van der Waals surface area contributed by atoms with Crippen molar-refractivity contribution in [3.63, 3.8) is 0 Å². The maximum Gasteiger partial charge on any atom is 0.0742 e. The molecule has 0 atom stereocenters. The van der Waals surface area contributed by atoms with E-state index in [4.69, 9.17) is 0 Å². The molecule has 0 unspecified atom stereocenters. The van der Waals surface area contributed by atoms with Crippen molar-refractivity contribution in [1.29, 1.82) is 0 Å². The van der Waals surface area contributed by atoms with Gasteiger partial charge in [0.05, 0.1) is 45.0 Å². The number of hydrogen-bond donors (Lipinski definition) is 0. The van der Waals surface area contributed by atoms with Crippen LogP contribution in [0.25, 0.3) is 55.6 Å². The Kier molecular flexibility index (Phi) is 9.20. The summed E-state index contributed by atoms with van der Waals surface area (Å²) in [5.41, 5.74) is 27.8. The summed E-state index contributed by atoms with van der Waals surface area (Å²) in [6, 6.07) is 110. The number of nitrogens with zero attached hydrogens (tertiary/aromatic N) is 2. The maximum atomic E-state index is 2.58. The Bertz CT molecular complexity index is 3930. The topological polar surface area (TPSA) is 6.48 Å². The molecule has 0 spiro atoms. The number of para-hydroxylation sites is 4. The van der Waals surface area contributed by atoms with E-state index in [1.807, 2.05) is 0 Å². The van der Waals surface area contributed by atoms with Crippen LogP contribution in [0.5, 0.6) is 0 Å². The van der Waals surface area contributed by atoms with Crippen LogP contribution in [0.3, 0.4) is 0 Å². The summed E-state index contributed by atoms with van der Waals surface area (Å²) in [6.07, 6.45) is 0. The normalized spacial score (nSPS) is 14.2. The first-order valence-electron chi connectivity index (χ1n) is 26.5. The zero-order chi connectivity index (χ0) is 50.0. The third-order valence-corrected chi connectivity index (χ3v) is 17.1. The Morgan fingerprint density at radius 3 is 0.842 bits per heavy atom. The van der Waals surface area contributed by atoms with E-state index in [0.717, 1.165) is 11.1 Å². The number of fused-ring (bicyclic) bond motifs is 14. The van der Waals surface area contributed by atoms with Crippen LogP contribution in [-0.2, 0) is 10.8 Å². The van der Waals surface area contributed by atoms with E-state index in [2.05, 4.69) is 301 Å². The van der Waals surface area contributed by atoms with Crippen molar-refractivity contribution in [3.8, 4) is 55.6 Å². The van der Waals surface area contributed by atoms with Crippen LogP contribution >= 0.6 is 0 Å². The Morgan fingerprint density at radius 2 is 0.487 bits per heavy atom. The van der Waals surface area contributed by atoms with Gasteiger partial charge in [0.15, 0.2) is 0 Å². The van der Waals surface area contributed by atoms with Gasteiger partial charge in [-0.15, -0.1) is 0 Å². The highest BCUT2D eigenvalue weighted by Crippen LogP contribution is 2.65. The molecular formula is C74H48N2. The Labute approximate surface area is 443 Å². The van der Waals surface area contributed by atoms with E-state index in [1.165, 1.54) is 123 Å². The summed E-state index contributed by atoms with van der Waals surface area (Å²) < 4.78 is 0. The van der Waals surface area contributed by atoms with Gasteiger partial charge in [0.1, 0.15) is 0 Å². The van der Waals surface area contributed by atoms with E-state index < -0.39 is 10.8 Å². The Balaban J connectivity index is 1.02. The van der Waals surface area contributed by atoms with Crippen molar-refractivity contribution < 1.29 is 0 Å². The van der Waals surface area contributed by atoms with Crippen molar-refractivity contribution in [3.05, 3.63) is 336 Å². The minimum absolute atomic E-state index is 0.698. The van der Waals surface area contributed by atoms with Gasteiger partial charge < -0.3 is 9.80 Å². The monoisotopic (exact) mass is 964 g/mol. The smallest absolute Gasteiger partial charge is 0.0742 e. The highest BCUT2D eigenvalue weighted by Gasteiger charge is 2.51. The first-order chi connectivity index (χ1) is 37.7. The lowest BCUT2D eigenvalue weighted by atomic mass is 9.61. The van der Waals surface area contributed by atoms with E-state index in [-0.39, 0.29) is 0 Å². The zero-order valence-electron chi connectivity index (χ0n) is 41.6. The fourth-order valence-electron chi connectivity index (χ4n) is 14.1. The molecule has 0 saturated heterocycles. The molecule has 76 heavy (non-hydrogen) atoms. The maximum absolute atomic E-state index is 2.58. The van der Waals surface area contributed by atoms with Crippen LogP contribution in [0.4, 0.5) is 34.1 Å². The molecule has 12 aromatic rings. The fraction of sp³-hybridized carbons (Fsp3) is 0.0270. The van der Waals surface area contributed by atoms with Crippen molar-refractivity contribution in [2.45, 2.75) is 10.8 Å². The summed E-state index contributed by atoms with van der Waals surface area (Å²) in [5.74, 6) is 0. The molecule has 0 radical (unpaired) electrons. The lowest BCUT2D eigenvalue weighted by Crippen LogP contribution is -2.38. The molecule has 2 heteroatoms. The molecule has 4 aliphatic heterocycles. The number of rotatable bonds is 5. The first kappa shape index (κ1) is 42.7. The second-order valence-electron chi connectivity index (χ2n) is 20.6. The number of benzene rings is 12. The molecule has 16 rings (SSSR count). The van der Waals surface area contributed by atoms with Crippen LogP contribution < -0.4 is 9.80 Å². The second kappa shape index (κ2) is 16.4. The van der Waals surface area contributed by atoms with Gasteiger partial charge in [-0.25, -0.2) is 0 Å². The van der Waals surface area contributed by atoms with Gasteiger partial charge in [0.2, 0.25) is 0 Å². The number of anilines is 6. The van der Waals surface area contributed by atoms with E-state index in [0.29, 0.717) is 0 Å². The standard InChI is InChI=1S/C74H48N2/c1-5-23-51(24-6-1)73(52-25-7-2-8-26-52)63-39-21-37-61-57-33-15-13-31-55(57)59-35-17-19-41-67(59)75(71(61)63)69-45-43-49(47-65(69)73)50-44-46-70-66(48-50)74(53-27-9-3-10-28-53,54-29-11-4-12-30-54)64-40-22-38-62-58-34-16-14-32-56(58)60-36-18-20-42-68(60)76(70)72(62)64/h1-48H. The van der Waals surface area contributed by atoms with Crippen LogP contribution in [0.2, 0.25) is 0 Å². The molecule has 0 aromatic heterocycles. The highest BCUT2D eigenvalue weighted by atomic mass is 15.2. The van der Waals surface area contributed by atoms with E-state index in [9.17, 15) is 0 Å². The van der Waals surface area contributed by atoms with Crippen LogP contribution in [0, 0.1) is 0 Å². The lowest BCUT2D eigenvalue weighted by molar-refractivity contribution is 0.731.